The molecule has 4 heteroatoms. The van der Waals surface area contributed by atoms with Gasteiger partial charge in [0.25, 0.3) is 0 Å². The number of fused-ring (bicyclic) bond motifs is 3. The highest BCUT2D eigenvalue weighted by Crippen LogP contribution is 2.51. The van der Waals surface area contributed by atoms with Crippen LogP contribution in [0.1, 0.15) is 6.92 Å². The molecule has 0 bridgehead atoms. The minimum Gasteiger partial charge on any atom is -0.344 e. The number of alkyl halides is 1. The highest BCUT2D eigenvalue weighted by Gasteiger charge is 2.47. The normalized spacial score (nSPS) is 31.8. The van der Waals surface area contributed by atoms with E-state index in [9.17, 15) is 0 Å². The van der Waals surface area contributed by atoms with Crippen molar-refractivity contribution in [1.82, 2.24) is 0 Å². The Labute approximate surface area is 115 Å². The lowest BCUT2D eigenvalue weighted by Gasteiger charge is -2.23. The van der Waals surface area contributed by atoms with Crippen LogP contribution >= 0.6 is 34.4 Å². The number of hydrogen-bond donors (Lipinski definition) is 0. The summed E-state index contributed by atoms with van der Waals surface area (Å²) in [6.45, 7) is 3.53. The van der Waals surface area contributed by atoms with Gasteiger partial charge in [0.15, 0.2) is 5.50 Å². The second-order valence-electron chi connectivity index (χ2n) is 4.76. The lowest BCUT2D eigenvalue weighted by molar-refractivity contribution is 0.717. The molecule has 2 nitrogen and oxygen atoms in total. The molecule has 0 radical (unpaired) electrons. The summed E-state index contributed by atoms with van der Waals surface area (Å²) < 4.78 is 1.60. The molecule has 0 saturated carbocycles. The Hall–Kier alpha value is -0.100. The van der Waals surface area contributed by atoms with Gasteiger partial charge in [-0.15, -0.1) is 11.8 Å². The third-order valence-electron chi connectivity index (χ3n) is 3.35. The van der Waals surface area contributed by atoms with E-state index in [1.54, 1.807) is 0 Å². The molecule has 1 aromatic carbocycles. The fourth-order valence-electron chi connectivity index (χ4n) is 2.48. The second-order valence-corrected chi connectivity index (χ2v) is 7.16. The summed E-state index contributed by atoms with van der Waals surface area (Å²) >= 11 is 4.60. The number of thioether (sulfide) groups is 1. The van der Waals surface area contributed by atoms with Gasteiger partial charge in [0, 0.05) is 22.8 Å². The summed E-state index contributed by atoms with van der Waals surface area (Å²) in [5.41, 5.74) is 3.27. The molecular weight excluding hydrogens is 331 g/mol. The van der Waals surface area contributed by atoms with E-state index in [4.69, 9.17) is 0 Å². The highest BCUT2D eigenvalue weighted by atomic mass is 127. The lowest BCUT2D eigenvalue weighted by Crippen LogP contribution is -2.34. The first-order chi connectivity index (χ1) is 7.64. The van der Waals surface area contributed by atoms with E-state index in [2.05, 4.69) is 82.4 Å². The number of hydrogen-bond acceptors (Lipinski definition) is 3. The topological polar surface area (TPSA) is 6.48 Å². The summed E-state index contributed by atoms with van der Waals surface area (Å²) in [5, 5.41) is 0. The summed E-state index contributed by atoms with van der Waals surface area (Å²) in [5.74, 6) is 0. The number of anilines is 2. The molecule has 2 aliphatic heterocycles. The van der Waals surface area contributed by atoms with E-state index in [0.717, 1.165) is 6.54 Å². The molecule has 0 aromatic heterocycles. The standard InChI is InChI=1S/C12H15IN2S/c1-12(7-13)8-15-10-6-4-3-5-9(10)14(2)11(15)16-12/h3-6,11H,7-8H2,1-2H3/t11-,12+/m0/s1. The van der Waals surface area contributed by atoms with Gasteiger partial charge in [-0.25, -0.2) is 0 Å². The quantitative estimate of drug-likeness (QED) is 0.570. The van der Waals surface area contributed by atoms with Gasteiger partial charge in [0.2, 0.25) is 0 Å². The SMILES string of the molecule is CN1c2ccccc2N2C[C@@](C)(CI)S[C@@H]12. The van der Waals surface area contributed by atoms with E-state index in [0.29, 0.717) is 10.2 Å². The Morgan fingerprint density at radius 1 is 1.44 bits per heavy atom. The van der Waals surface area contributed by atoms with Crippen LogP contribution in [0.3, 0.4) is 0 Å². The summed E-state index contributed by atoms with van der Waals surface area (Å²) in [6.07, 6.45) is 0. The van der Waals surface area contributed by atoms with Crippen LogP contribution in [0.25, 0.3) is 0 Å². The maximum absolute atomic E-state index is 2.54. The van der Waals surface area contributed by atoms with Crippen molar-refractivity contribution in [2.45, 2.75) is 17.2 Å². The smallest absolute Gasteiger partial charge is 0.151 e. The Morgan fingerprint density at radius 2 is 2.12 bits per heavy atom. The average molecular weight is 346 g/mol. The molecule has 0 N–H and O–H groups in total. The van der Waals surface area contributed by atoms with Crippen molar-refractivity contribution in [3.8, 4) is 0 Å². The van der Waals surface area contributed by atoms with Gasteiger partial charge in [-0.2, -0.15) is 0 Å². The van der Waals surface area contributed by atoms with E-state index in [1.807, 2.05) is 0 Å². The van der Waals surface area contributed by atoms with Crippen LogP contribution in [-0.2, 0) is 0 Å². The molecule has 1 fully saturated rings. The molecule has 1 aromatic rings. The third-order valence-corrected chi connectivity index (χ3v) is 7.17. The van der Waals surface area contributed by atoms with Crippen LogP contribution in [0.4, 0.5) is 11.4 Å². The molecule has 0 amide bonds. The van der Waals surface area contributed by atoms with Crippen molar-refractivity contribution < 1.29 is 0 Å². The molecule has 2 heterocycles. The largest absolute Gasteiger partial charge is 0.344 e. The minimum absolute atomic E-state index is 0.396. The van der Waals surface area contributed by atoms with Gasteiger partial charge in [-0.05, 0) is 19.1 Å². The van der Waals surface area contributed by atoms with Gasteiger partial charge in [-0.3, -0.25) is 0 Å². The Bertz CT molecular complexity index is 425. The average Bonchev–Trinajstić information content (AvgIpc) is 2.77. The Morgan fingerprint density at radius 3 is 2.81 bits per heavy atom. The molecule has 16 heavy (non-hydrogen) atoms. The van der Waals surface area contributed by atoms with Crippen molar-refractivity contribution in [1.29, 1.82) is 0 Å². The number of rotatable bonds is 1. The zero-order valence-corrected chi connectivity index (χ0v) is 12.5. The van der Waals surface area contributed by atoms with Crippen LogP contribution in [-0.4, -0.2) is 28.3 Å². The zero-order chi connectivity index (χ0) is 11.3. The van der Waals surface area contributed by atoms with Crippen LogP contribution in [0.15, 0.2) is 24.3 Å². The highest BCUT2D eigenvalue weighted by molar-refractivity contribution is 14.1. The number of benzene rings is 1. The number of para-hydroxylation sites is 2. The van der Waals surface area contributed by atoms with Crippen LogP contribution in [0.5, 0.6) is 0 Å². The minimum atomic E-state index is 0.396. The predicted molar refractivity (Wildman–Crippen MR) is 80.9 cm³/mol. The maximum Gasteiger partial charge on any atom is 0.151 e. The molecule has 1 saturated heterocycles. The first-order valence-electron chi connectivity index (χ1n) is 5.47. The first kappa shape index (κ1) is 11.0. The van der Waals surface area contributed by atoms with Gasteiger partial charge in [-0.1, -0.05) is 34.7 Å². The molecule has 2 aliphatic rings. The van der Waals surface area contributed by atoms with E-state index in [1.165, 1.54) is 15.8 Å². The molecule has 0 spiro atoms. The first-order valence-corrected chi connectivity index (χ1v) is 7.87. The maximum atomic E-state index is 2.54. The van der Waals surface area contributed by atoms with Crippen molar-refractivity contribution in [2.24, 2.45) is 0 Å². The monoisotopic (exact) mass is 346 g/mol. The van der Waals surface area contributed by atoms with Crippen molar-refractivity contribution in [3.05, 3.63) is 24.3 Å². The van der Waals surface area contributed by atoms with Crippen LogP contribution in [0.2, 0.25) is 0 Å². The molecule has 86 valence electrons. The number of nitrogens with zero attached hydrogens (tertiary/aromatic N) is 2. The molecular formula is C12H15IN2S. The summed E-state index contributed by atoms with van der Waals surface area (Å²) in [6, 6.07) is 8.72. The van der Waals surface area contributed by atoms with E-state index < -0.39 is 0 Å². The van der Waals surface area contributed by atoms with Gasteiger partial charge in [0.1, 0.15) is 0 Å². The second kappa shape index (κ2) is 3.70. The van der Waals surface area contributed by atoms with Crippen molar-refractivity contribution in [3.63, 3.8) is 0 Å². The molecule has 0 aliphatic carbocycles. The van der Waals surface area contributed by atoms with Gasteiger partial charge < -0.3 is 9.80 Å². The fourth-order valence-corrected chi connectivity index (χ4v) is 4.64. The zero-order valence-electron chi connectivity index (χ0n) is 9.48. The molecule has 0 unspecified atom stereocenters. The van der Waals surface area contributed by atoms with Gasteiger partial charge in [0.05, 0.1) is 11.4 Å². The molecule has 2 atom stereocenters. The number of halogens is 1. The lowest BCUT2D eigenvalue weighted by atomic mass is 10.2. The summed E-state index contributed by atoms with van der Waals surface area (Å²) in [7, 11) is 2.20. The molecule has 3 rings (SSSR count). The van der Waals surface area contributed by atoms with Crippen molar-refractivity contribution in [2.75, 3.05) is 27.8 Å². The van der Waals surface area contributed by atoms with Crippen LogP contribution in [0, 0.1) is 0 Å². The van der Waals surface area contributed by atoms with E-state index >= 15 is 0 Å². The Balaban J connectivity index is 2.00. The van der Waals surface area contributed by atoms with Crippen molar-refractivity contribution >= 4 is 45.7 Å². The fraction of sp³-hybridized carbons (Fsp3) is 0.500. The van der Waals surface area contributed by atoms with Gasteiger partial charge >= 0.3 is 0 Å². The van der Waals surface area contributed by atoms with Crippen LogP contribution < -0.4 is 9.80 Å². The predicted octanol–water partition coefficient (Wildman–Crippen LogP) is 3.17. The van der Waals surface area contributed by atoms with E-state index in [-0.39, 0.29) is 0 Å². The summed E-state index contributed by atoms with van der Waals surface area (Å²) in [4.78, 5) is 4.94. The third kappa shape index (κ3) is 1.45. The Kier molecular flexibility index (Phi) is 2.55.